The van der Waals surface area contributed by atoms with Crippen LogP contribution in [0.25, 0.3) is 0 Å². The van der Waals surface area contributed by atoms with Crippen LogP contribution in [0.15, 0.2) is 0 Å². The van der Waals surface area contributed by atoms with Gasteiger partial charge in [0.15, 0.2) is 0 Å². The maximum atomic E-state index is 11.0. The number of aliphatic carboxylic acids is 1. The molecule has 0 saturated carbocycles. The average Bonchev–Trinajstić information content (AvgIpc) is 2.58. The maximum absolute atomic E-state index is 11.0. The number of hydrogen-bond acceptors (Lipinski definition) is 3. The second-order valence-corrected chi connectivity index (χ2v) is 4.75. The van der Waals surface area contributed by atoms with Gasteiger partial charge in [0.05, 0.1) is 6.10 Å². The number of carboxylic acids is 1. The fraction of sp³-hybridized carbons (Fsp3) is 0.889. The first kappa shape index (κ1) is 8.97. The molecule has 2 heterocycles. The Kier molecular flexibility index (Phi) is 1.69. The number of epoxide rings is 1. The molecule has 4 nitrogen and oxygen atoms in total. The highest BCUT2D eigenvalue weighted by molar-refractivity contribution is 5.76. The lowest BCUT2D eigenvalue weighted by Gasteiger charge is -2.36. The van der Waals surface area contributed by atoms with Crippen molar-refractivity contribution in [3.63, 3.8) is 0 Å². The fourth-order valence-corrected chi connectivity index (χ4v) is 2.03. The smallest absolute Gasteiger partial charge is 0.323 e. The van der Waals surface area contributed by atoms with Crippen LogP contribution >= 0.6 is 0 Å². The summed E-state index contributed by atoms with van der Waals surface area (Å²) < 4.78 is 5.23. The minimum Gasteiger partial charge on any atom is -0.480 e. The molecular weight excluding hydrogens is 170 g/mol. The quantitative estimate of drug-likeness (QED) is 0.598. The van der Waals surface area contributed by atoms with E-state index >= 15 is 0 Å². The van der Waals surface area contributed by atoms with Gasteiger partial charge in [0, 0.05) is 12.1 Å². The van der Waals surface area contributed by atoms with E-state index in [-0.39, 0.29) is 17.7 Å². The van der Waals surface area contributed by atoms with E-state index in [1.165, 1.54) is 0 Å². The molecule has 0 aromatic rings. The van der Waals surface area contributed by atoms with E-state index in [1.54, 1.807) is 0 Å². The van der Waals surface area contributed by atoms with Crippen molar-refractivity contribution in [3.8, 4) is 0 Å². The normalized spacial score (nSPS) is 38.8. The first-order valence-corrected chi connectivity index (χ1v) is 4.56. The Morgan fingerprint density at radius 2 is 2.15 bits per heavy atom. The summed E-state index contributed by atoms with van der Waals surface area (Å²) in [5, 5.41) is 9.02. The molecule has 2 aliphatic rings. The Hall–Kier alpha value is -0.610. The number of ether oxygens (including phenoxy) is 1. The number of likely N-dealkylation sites (tertiary alicyclic amines) is 1. The molecule has 0 bridgehead atoms. The zero-order chi connectivity index (χ0) is 9.80. The minimum atomic E-state index is -0.764. The summed E-state index contributed by atoms with van der Waals surface area (Å²) in [6.45, 7) is 6.86. The number of hydrogen-bond donors (Lipinski definition) is 1. The summed E-state index contributed by atoms with van der Waals surface area (Å²) in [6.07, 6.45) is 0.108. The van der Waals surface area contributed by atoms with Crippen molar-refractivity contribution in [2.24, 2.45) is 0 Å². The molecule has 13 heavy (non-hydrogen) atoms. The largest absolute Gasteiger partial charge is 0.480 e. The number of carbonyl (C=O) groups is 1. The van der Waals surface area contributed by atoms with E-state index in [9.17, 15) is 4.79 Å². The third-order valence-corrected chi connectivity index (χ3v) is 2.76. The van der Waals surface area contributed by atoms with Crippen LogP contribution in [0.3, 0.4) is 0 Å². The van der Waals surface area contributed by atoms with Crippen molar-refractivity contribution in [1.82, 2.24) is 4.90 Å². The Labute approximate surface area is 77.5 Å². The molecule has 2 aliphatic heterocycles. The van der Waals surface area contributed by atoms with Gasteiger partial charge in [0.25, 0.3) is 0 Å². The maximum Gasteiger partial charge on any atom is 0.323 e. The number of carboxylic acid groups (broad SMARTS) is 1. The highest BCUT2D eigenvalue weighted by Gasteiger charge is 2.59. The van der Waals surface area contributed by atoms with Gasteiger partial charge in [-0.3, -0.25) is 9.69 Å². The summed E-state index contributed by atoms with van der Waals surface area (Å²) in [7, 11) is 0. The van der Waals surface area contributed by atoms with Crippen LogP contribution in [-0.2, 0) is 9.53 Å². The third kappa shape index (κ3) is 1.34. The second kappa shape index (κ2) is 2.45. The van der Waals surface area contributed by atoms with Gasteiger partial charge in [-0.2, -0.15) is 0 Å². The first-order valence-electron chi connectivity index (χ1n) is 4.56. The second-order valence-electron chi connectivity index (χ2n) is 4.75. The standard InChI is InChI=1S/C9H15NO3/c1-9(2,3)10-4-5-7(13-5)6(10)8(11)12/h5-7H,4H2,1-3H3,(H,11,12). The van der Waals surface area contributed by atoms with Crippen molar-refractivity contribution in [3.05, 3.63) is 0 Å². The lowest BCUT2D eigenvalue weighted by molar-refractivity contribution is -0.146. The van der Waals surface area contributed by atoms with Gasteiger partial charge >= 0.3 is 5.97 Å². The molecule has 2 rings (SSSR count). The molecule has 0 aliphatic carbocycles. The summed E-state index contributed by atoms with van der Waals surface area (Å²) >= 11 is 0. The van der Waals surface area contributed by atoms with Gasteiger partial charge in [-0.25, -0.2) is 0 Å². The molecule has 2 fully saturated rings. The van der Waals surface area contributed by atoms with E-state index in [1.807, 2.05) is 25.7 Å². The van der Waals surface area contributed by atoms with Crippen LogP contribution in [0.5, 0.6) is 0 Å². The molecular formula is C9H15NO3. The topological polar surface area (TPSA) is 53.1 Å². The Morgan fingerprint density at radius 1 is 1.54 bits per heavy atom. The molecule has 74 valence electrons. The van der Waals surface area contributed by atoms with E-state index in [0.717, 1.165) is 6.54 Å². The lowest BCUT2D eigenvalue weighted by Crippen LogP contribution is -2.51. The van der Waals surface area contributed by atoms with Gasteiger partial charge in [-0.15, -0.1) is 0 Å². The van der Waals surface area contributed by atoms with Crippen molar-refractivity contribution < 1.29 is 14.6 Å². The fourth-order valence-electron chi connectivity index (χ4n) is 2.03. The number of fused-ring (bicyclic) bond motifs is 1. The van der Waals surface area contributed by atoms with Crippen molar-refractivity contribution in [2.45, 2.75) is 44.6 Å². The van der Waals surface area contributed by atoms with Crippen LogP contribution in [0.4, 0.5) is 0 Å². The minimum absolute atomic E-state index is 0.0586. The van der Waals surface area contributed by atoms with Crippen molar-refractivity contribution in [2.75, 3.05) is 6.54 Å². The summed E-state index contributed by atoms with van der Waals surface area (Å²) in [5.74, 6) is -0.764. The van der Waals surface area contributed by atoms with Gasteiger partial charge < -0.3 is 9.84 Å². The Morgan fingerprint density at radius 3 is 2.54 bits per heavy atom. The zero-order valence-electron chi connectivity index (χ0n) is 8.15. The zero-order valence-corrected chi connectivity index (χ0v) is 8.15. The predicted molar refractivity (Wildman–Crippen MR) is 46.5 cm³/mol. The van der Waals surface area contributed by atoms with Crippen LogP contribution in [0.2, 0.25) is 0 Å². The lowest BCUT2D eigenvalue weighted by atomic mass is 10.0. The van der Waals surface area contributed by atoms with Crippen LogP contribution in [0, 0.1) is 0 Å². The molecule has 0 spiro atoms. The molecule has 3 unspecified atom stereocenters. The molecule has 0 aromatic heterocycles. The summed E-state index contributed by atoms with van der Waals surface area (Å²) in [5.41, 5.74) is -0.0835. The van der Waals surface area contributed by atoms with Gasteiger partial charge in [-0.1, -0.05) is 0 Å². The molecule has 0 aromatic carbocycles. The van der Waals surface area contributed by atoms with Crippen LogP contribution in [0.1, 0.15) is 20.8 Å². The monoisotopic (exact) mass is 185 g/mol. The molecule has 1 N–H and O–H groups in total. The van der Waals surface area contributed by atoms with E-state index < -0.39 is 12.0 Å². The molecule has 4 heteroatoms. The molecule has 2 saturated heterocycles. The molecule has 0 radical (unpaired) electrons. The summed E-state index contributed by atoms with van der Waals surface area (Å²) in [6, 6.07) is -0.440. The first-order chi connectivity index (χ1) is 5.91. The number of nitrogens with zero attached hydrogens (tertiary/aromatic N) is 1. The number of morpholine rings is 1. The Bertz CT molecular complexity index is 246. The van der Waals surface area contributed by atoms with Gasteiger partial charge in [-0.05, 0) is 20.8 Å². The third-order valence-electron chi connectivity index (χ3n) is 2.76. The van der Waals surface area contributed by atoms with E-state index in [0.29, 0.717) is 0 Å². The summed E-state index contributed by atoms with van der Waals surface area (Å²) in [4.78, 5) is 13.0. The highest BCUT2D eigenvalue weighted by atomic mass is 16.6. The van der Waals surface area contributed by atoms with Gasteiger partial charge in [0.2, 0.25) is 0 Å². The van der Waals surface area contributed by atoms with Crippen molar-refractivity contribution >= 4 is 5.97 Å². The van der Waals surface area contributed by atoms with Crippen LogP contribution in [-0.4, -0.2) is 46.3 Å². The Balaban J connectivity index is 2.17. The average molecular weight is 185 g/mol. The predicted octanol–water partition coefficient (Wildman–Crippen LogP) is 0.321. The molecule has 3 atom stereocenters. The van der Waals surface area contributed by atoms with E-state index in [4.69, 9.17) is 9.84 Å². The van der Waals surface area contributed by atoms with Crippen molar-refractivity contribution in [1.29, 1.82) is 0 Å². The number of rotatable bonds is 1. The van der Waals surface area contributed by atoms with Crippen LogP contribution < -0.4 is 0 Å². The van der Waals surface area contributed by atoms with Gasteiger partial charge in [0.1, 0.15) is 12.1 Å². The van der Waals surface area contributed by atoms with E-state index in [2.05, 4.69) is 0 Å². The SMILES string of the molecule is CC(C)(C)N1CC2OC2C1C(=O)O. The molecule has 0 amide bonds. The highest BCUT2D eigenvalue weighted by Crippen LogP contribution is 2.40.